The lowest BCUT2D eigenvalue weighted by molar-refractivity contribution is 0.0472. The van der Waals surface area contributed by atoms with Gasteiger partial charge in [0.2, 0.25) is 10.0 Å². The second kappa shape index (κ2) is 8.80. The first-order valence-electron chi connectivity index (χ1n) is 8.59. The molecule has 0 atom stereocenters. The summed E-state index contributed by atoms with van der Waals surface area (Å²) in [5, 5.41) is 0.779. The Morgan fingerprint density at radius 2 is 1.79 bits per heavy atom. The predicted molar refractivity (Wildman–Crippen MR) is 106 cm³/mol. The molecule has 0 spiro atoms. The fourth-order valence-corrected chi connectivity index (χ4v) is 4.74. The maximum absolute atomic E-state index is 12.8. The quantitative estimate of drug-likeness (QED) is 0.658. The van der Waals surface area contributed by atoms with Crippen molar-refractivity contribution >= 4 is 39.2 Å². The number of carbonyl (C=O) groups excluding carboxylic acids is 1. The van der Waals surface area contributed by atoms with Crippen LogP contribution in [-0.4, -0.2) is 45.0 Å². The summed E-state index contributed by atoms with van der Waals surface area (Å²) in [5.74, 6) is -0.646. The first-order valence-corrected chi connectivity index (χ1v) is 10.8. The number of hydrogen-bond donors (Lipinski definition) is 0. The molecule has 2 aromatic carbocycles. The molecule has 1 heterocycles. The maximum atomic E-state index is 12.8. The van der Waals surface area contributed by atoms with Gasteiger partial charge in [-0.3, -0.25) is 0 Å². The van der Waals surface area contributed by atoms with Crippen molar-refractivity contribution in [2.75, 3.05) is 26.3 Å². The fourth-order valence-electron chi connectivity index (χ4n) is 2.80. The lowest BCUT2D eigenvalue weighted by Crippen LogP contribution is -2.40. The molecule has 1 fully saturated rings. The van der Waals surface area contributed by atoms with Gasteiger partial charge in [-0.1, -0.05) is 35.3 Å². The molecule has 1 aliphatic rings. The van der Waals surface area contributed by atoms with E-state index in [0.717, 1.165) is 0 Å². The van der Waals surface area contributed by atoms with Crippen LogP contribution >= 0.6 is 23.2 Å². The summed E-state index contributed by atoms with van der Waals surface area (Å²) >= 11 is 12.2. The molecule has 0 aromatic heterocycles. The van der Waals surface area contributed by atoms with Crippen molar-refractivity contribution in [3.05, 3.63) is 63.1 Å². The zero-order chi connectivity index (χ0) is 20.3. The van der Waals surface area contributed by atoms with Crippen LogP contribution < -0.4 is 0 Å². The van der Waals surface area contributed by atoms with Gasteiger partial charge in [-0.25, -0.2) is 13.2 Å². The third-order valence-electron chi connectivity index (χ3n) is 4.45. The van der Waals surface area contributed by atoms with Crippen LogP contribution in [0, 0.1) is 6.92 Å². The molecule has 3 rings (SSSR count). The molecule has 0 bridgehead atoms. The average molecular weight is 444 g/mol. The first kappa shape index (κ1) is 21.1. The van der Waals surface area contributed by atoms with Crippen LogP contribution in [0.2, 0.25) is 10.0 Å². The Morgan fingerprint density at radius 3 is 2.43 bits per heavy atom. The molecule has 9 heteroatoms. The van der Waals surface area contributed by atoms with E-state index in [0.29, 0.717) is 34.4 Å². The molecule has 150 valence electrons. The van der Waals surface area contributed by atoms with E-state index in [1.807, 2.05) is 0 Å². The van der Waals surface area contributed by atoms with Crippen LogP contribution in [0.25, 0.3) is 0 Å². The molecule has 0 saturated carbocycles. The number of aryl methyl sites for hydroxylation is 1. The lowest BCUT2D eigenvalue weighted by atomic mass is 10.1. The van der Waals surface area contributed by atoms with E-state index >= 15 is 0 Å². The van der Waals surface area contributed by atoms with Crippen LogP contribution in [0.4, 0.5) is 0 Å². The van der Waals surface area contributed by atoms with E-state index in [1.165, 1.54) is 16.4 Å². The number of rotatable bonds is 5. The van der Waals surface area contributed by atoms with Gasteiger partial charge >= 0.3 is 5.97 Å². The topological polar surface area (TPSA) is 72.9 Å². The van der Waals surface area contributed by atoms with Crippen molar-refractivity contribution in [3.63, 3.8) is 0 Å². The number of carbonyl (C=O) groups is 1. The minimum atomic E-state index is -3.71. The number of ether oxygens (including phenoxy) is 2. The largest absolute Gasteiger partial charge is 0.457 e. The van der Waals surface area contributed by atoms with Gasteiger partial charge in [0.25, 0.3) is 0 Å². The first-order chi connectivity index (χ1) is 13.3. The minimum absolute atomic E-state index is 0.0442. The van der Waals surface area contributed by atoms with E-state index in [-0.39, 0.29) is 30.2 Å². The smallest absolute Gasteiger partial charge is 0.338 e. The van der Waals surface area contributed by atoms with Crippen molar-refractivity contribution in [3.8, 4) is 0 Å². The number of hydrogen-bond acceptors (Lipinski definition) is 5. The van der Waals surface area contributed by atoms with Gasteiger partial charge in [0, 0.05) is 28.7 Å². The maximum Gasteiger partial charge on any atom is 0.338 e. The van der Waals surface area contributed by atoms with Gasteiger partial charge in [-0.2, -0.15) is 4.31 Å². The van der Waals surface area contributed by atoms with Gasteiger partial charge < -0.3 is 9.47 Å². The number of nitrogens with zero attached hydrogens (tertiary/aromatic N) is 1. The molecule has 0 amide bonds. The third-order valence-corrected chi connectivity index (χ3v) is 7.05. The second-order valence-corrected chi connectivity index (χ2v) is 9.02. The Bertz CT molecular complexity index is 968. The second-order valence-electron chi connectivity index (χ2n) is 6.27. The van der Waals surface area contributed by atoms with Gasteiger partial charge in [-0.05, 0) is 36.8 Å². The van der Waals surface area contributed by atoms with E-state index in [9.17, 15) is 13.2 Å². The summed E-state index contributed by atoms with van der Waals surface area (Å²) in [4.78, 5) is 12.6. The number of morpholine rings is 1. The molecule has 0 radical (unpaired) electrons. The molecular formula is C19H19Cl2NO5S. The van der Waals surface area contributed by atoms with E-state index in [2.05, 4.69) is 0 Å². The highest BCUT2D eigenvalue weighted by Gasteiger charge is 2.27. The van der Waals surface area contributed by atoms with Crippen LogP contribution in [-0.2, 0) is 26.1 Å². The average Bonchev–Trinajstić information content (AvgIpc) is 2.68. The predicted octanol–water partition coefficient (Wildman–Crippen LogP) is 3.68. The van der Waals surface area contributed by atoms with E-state index in [1.54, 1.807) is 31.2 Å². The zero-order valence-electron chi connectivity index (χ0n) is 15.2. The van der Waals surface area contributed by atoms with Crippen LogP contribution in [0.3, 0.4) is 0 Å². The van der Waals surface area contributed by atoms with Gasteiger partial charge in [0.1, 0.15) is 6.61 Å². The zero-order valence-corrected chi connectivity index (χ0v) is 17.5. The minimum Gasteiger partial charge on any atom is -0.457 e. The highest BCUT2D eigenvalue weighted by Crippen LogP contribution is 2.26. The SMILES string of the molecule is Cc1ccc(S(=O)(=O)N2CCOCC2)cc1C(=O)OCc1c(Cl)cccc1Cl. The van der Waals surface area contributed by atoms with Crippen molar-refractivity contribution < 1.29 is 22.7 Å². The molecular weight excluding hydrogens is 425 g/mol. The van der Waals surface area contributed by atoms with Gasteiger partial charge in [-0.15, -0.1) is 0 Å². The number of sulfonamides is 1. The highest BCUT2D eigenvalue weighted by atomic mass is 35.5. The number of esters is 1. The van der Waals surface area contributed by atoms with Crippen LogP contribution in [0.15, 0.2) is 41.3 Å². The molecule has 6 nitrogen and oxygen atoms in total. The lowest BCUT2D eigenvalue weighted by Gasteiger charge is -2.26. The summed E-state index contributed by atoms with van der Waals surface area (Å²) in [6.07, 6.45) is 0. The monoisotopic (exact) mass is 443 g/mol. The summed E-state index contributed by atoms with van der Waals surface area (Å²) in [5.41, 5.74) is 1.28. The number of benzene rings is 2. The molecule has 1 aliphatic heterocycles. The number of halogens is 2. The Morgan fingerprint density at radius 1 is 1.14 bits per heavy atom. The Labute approximate surface area is 174 Å². The molecule has 0 N–H and O–H groups in total. The summed E-state index contributed by atoms with van der Waals surface area (Å²) in [6.45, 7) is 2.85. The normalized spacial score (nSPS) is 15.4. The molecule has 0 aliphatic carbocycles. The Balaban J connectivity index is 1.82. The fraction of sp³-hybridized carbons (Fsp3) is 0.316. The van der Waals surface area contributed by atoms with E-state index in [4.69, 9.17) is 32.7 Å². The summed E-state index contributed by atoms with van der Waals surface area (Å²) in [7, 11) is -3.71. The van der Waals surface area contributed by atoms with Crippen molar-refractivity contribution in [2.45, 2.75) is 18.4 Å². The Kier molecular flexibility index (Phi) is 6.62. The van der Waals surface area contributed by atoms with E-state index < -0.39 is 16.0 Å². The van der Waals surface area contributed by atoms with Crippen molar-refractivity contribution in [1.82, 2.24) is 4.31 Å². The third kappa shape index (κ3) is 4.50. The van der Waals surface area contributed by atoms with Gasteiger partial charge in [0.05, 0.1) is 23.7 Å². The standard InChI is InChI=1S/C19H19Cl2NO5S/c1-13-5-6-14(28(24,25)22-7-9-26-10-8-22)11-15(13)19(23)27-12-16-17(20)3-2-4-18(16)21/h2-6,11H,7-10,12H2,1H3. The van der Waals surface area contributed by atoms with Gasteiger partial charge in [0.15, 0.2) is 0 Å². The molecule has 0 unspecified atom stereocenters. The van der Waals surface area contributed by atoms with Crippen LogP contribution in [0.5, 0.6) is 0 Å². The van der Waals surface area contributed by atoms with Crippen LogP contribution in [0.1, 0.15) is 21.5 Å². The van der Waals surface area contributed by atoms with Crippen molar-refractivity contribution in [2.24, 2.45) is 0 Å². The summed E-state index contributed by atoms with van der Waals surface area (Å²) < 4.78 is 37.5. The molecule has 1 saturated heterocycles. The molecule has 28 heavy (non-hydrogen) atoms. The molecule has 2 aromatic rings. The summed E-state index contributed by atoms with van der Waals surface area (Å²) in [6, 6.07) is 9.42. The highest BCUT2D eigenvalue weighted by molar-refractivity contribution is 7.89. The van der Waals surface area contributed by atoms with Crippen molar-refractivity contribution in [1.29, 1.82) is 0 Å². The Hall–Kier alpha value is -1.64.